The van der Waals surface area contributed by atoms with Crippen molar-refractivity contribution in [2.45, 2.75) is 0 Å². The largest absolute Gasteiger partial charge is 0.322 e. The van der Waals surface area contributed by atoms with Gasteiger partial charge in [-0.05, 0) is 15.9 Å². The molecule has 0 spiro atoms. The fraction of sp³-hybridized carbons (Fsp3) is 0. The number of nitrogens with one attached hydrogen (secondary N) is 2. The quantitative estimate of drug-likeness (QED) is 0.860. The van der Waals surface area contributed by atoms with Crippen molar-refractivity contribution in [3.8, 4) is 6.07 Å². The number of nitriles is 1. The van der Waals surface area contributed by atoms with Gasteiger partial charge in [0.15, 0.2) is 11.5 Å². The molecule has 2 aromatic heterocycles. The summed E-state index contributed by atoms with van der Waals surface area (Å²) in [4.78, 5) is 7.85. The van der Waals surface area contributed by atoms with E-state index in [0.29, 0.717) is 11.6 Å². The van der Waals surface area contributed by atoms with Gasteiger partial charge in [0.05, 0.1) is 12.4 Å². The highest BCUT2D eigenvalue weighted by Gasteiger charge is 2.00. The maximum Gasteiger partial charge on any atom is 0.158 e. The highest BCUT2D eigenvalue weighted by molar-refractivity contribution is 9.10. The van der Waals surface area contributed by atoms with E-state index in [1.54, 1.807) is 6.07 Å². The summed E-state index contributed by atoms with van der Waals surface area (Å²) >= 11 is 3.23. The molecular formula is C8H5BrN6. The molecule has 0 amide bonds. The Kier molecular flexibility index (Phi) is 2.60. The van der Waals surface area contributed by atoms with Crippen molar-refractivity contribution in [1.29, 1.82) is 5.26 Å². The summed E-state index contributed by atoms with van der Waals surface area (Å²) in [5.74, 6) is 1.16. The van der Waals surface area contributed by atoms with Crippen molar-refractivity contribution in [3.63, 3.8) is 0 Å². The third-order valence-corrected chi connectivity index (χ3v) is 1.98. The second kappa shape index (κ2) is 4.06. The first-order valence-electron chi connectivity index (χ1n) is 3.98. The third kappa shape index (κ3) is 2.30. The lowest BCUT2D eigenvalue weighted by Crippen LogP contribution is -1.95. The normalized spacial score (nSPS) is 9.60. The molecule has 0 unspecified atom stereocenters. The lowest BCUT2D eigenvalue weighted by molar-refractivity contribution is 1.07. The monoisotopic (exact) mass is 264 g/mol. The molecule has 2 aromatic rings. The Morgan fingerprint density at radius 2 is 2.20 bits per heavy atom. The van der Waals surface area contributed by atoms with Gasteiger partial charge in [-0.3, -0.25) is 5.10 Å². The van der Waals surface area contributed by atoms with Gasteiger partial charge in [0.1, 0.15) is 16.5 Å². The number of H-pyrrole nitrogens is 1. The van der Waals surface area contributed by atoms with E-state index in [0.717, 1.165) is 4.60 Å². The molecule has 0 saturated heterocycles. The van der Waals surface area contributed by atoms with Gasteiger partial charge in [-0.25, -0.2) is 9.97 Å². The van der Waals surface area contributed by atoms with Crippen LogP contribution in [0.15, 0.2) is 23.1 Å². The van der Waals surface area contributed by atoms with Crippen LogP contribution in [-0.2, 0) is 0 Å². The van der Waals surface area contributed by atoms with Crippen molar-refractivity contribution in [2.24, 2.45) is 0 Å². The number of hydrogen-bond donors (Lipinski definition) is 2. The summed E-state index contributed by atoms with van der Waals surface area (Å²) in [6, 6.07) is 3.66. The summed E-state index contributed by atoms with van der Waals surface area (Å²) in [6.07, 6.45) is 2.87. The maximum absolute atomic E-state index is 8.53. The van der Waals surface area contributed by atoms with Crippen LogP contribution in [0, 0.1) is 11.3 Å². The standard InChI is InChI=1S/C8H5BrN6/c9-6-1-7(15-14-6)13-8-4-11-5(2-10)3-12-8/h1,3-4H,(H2,12,13,14,15). The predicted octanol–water partition coefficient (Wildman–Crippen LogP) is 1.58. The Labute approximate surface area is 93.5 Å². The average Bonchev–Trinajstić information content (AvgIpc) is 2.65. The molecule has 15 heavy (non-hydrogen) atoms. The van der Waals surface area contributed by atoms with Crippen LogP contribution in [0.1, 0.15) is 5.69 Å². The molecule has 0 aliphatic rings. The average molecular weight is 265 g/mol. The molecule has 2 rings (SSSR count). The Morgan fingerprint density at radius 1 is 1.33 bits per heavy atom. The minimum atomic E-state index is 0.281. The summed E-state index contributed by atoms with van der Waals surface area (Å²) in [5, 5.41) is 18.1. The first-order valence-corrected chi connectivity index (χ1v) is 4.77. The number of nitrogens with zero attached hydrogens (tertiary/aromatic N) is 4. The van der Waals surface area contributed by atoms with Gasteiger partial charge in [0.2, 0.25) is 0 Å². The Balaban J connectivity index is 2.15. The van der Waals surface area contributed by atoms with Crippen molar-refractivity contribution in [1.82, 2.24) is 20.2 Å². The van der Waals surface area contributed by atoms with E-state index < -0.39 is 0 Å². The topological polar surface area (TPSA) is 90.3 Å². The molecule has 74 valence electrons. The van der Waals surface area contributed by atoms with Crippen molar-refractivity contribution < 1.29 is 0 Å². The van der Waals surface area contributed by atoms with Gasteiger partial charge in [0.25, 0.3) is 0 Å². The molecule has 7 heteroatoms. The molecule has 2 N–H and O–H groups in total. The fourth-order valence-electron chi connectivity index (χ4n) is 0.944. The molecule has 0 aliphatic heterocycles. The van der Waals surface area contributed by atoms with Gasteiger partial charge in [0, 0.05) is 6.07 Å². The van der Waals surface area contributed by atoms with Gasteiger partial charge >= 0.3 is 0 Å². The first-order chi connectivity index (χ1) is 7.28. The van der Waals surface area contributed by atoms with Gasteiger partial charge in [-0.15, -0.1) is 0 Å². The number of aromatic nitrogens is 4. The zero-order chi connectivity index (χ0) is 10.7. The van der Waals surface area contributed by atoms with Crippen LogP contribution in [0.3, 0.4) is 0 Å². The number of anilines is 2. The Hall–Kier alpha value is -1.94. The zero-order valence-electron chi connectivity index (χ0n) is 7.40. The zero-order valence-corrected chi connectivity index (χ0v) is 8.98. The number of hydrogen-bond acceptors (Lipinski definition) is 5. The van der Waals surface area contributed by atoms with Crippen LogP contribution in [0.4, 0.5) is 11.6 Å². The fourth-order valence-corrected chi connectivity index (χ4v) is 1.25. The minimum absolute atomic E-state index is 0.281. The molecule has 0 atom stereocenters. The highest BCUT2D eigenvalue weighted by atomic mass is 79.9. The van der Waals surface area contributed by atoms with E-state index in [-0.39, 0.29) is 5.69 Å². The van der Waals surface area contributed by atoms with Crippen LogP contribution < -0.4 is 5.32 Å². The highest BCUT2D eigenvalue weighted by Crippen LogP contribution is 2.14. The molecule has 6 nitrogen and oxygen atoms in total. The molecule has 0 bridgehead atoms. The van der Waals surface area contributed by atoms with E-state index in [4.69, 9.17) is 5.26 Å². The predicted molar refractivity (Wildman–Crippen MR) is 56.3 cm³/mol. The lowest BCUT2D eigenvalue weighted by atomic mass is 10.5. The Bertz CT molecular complexity index is 497. The summed E-state index contributed by atoms with van der Waals surface area (Å²) in [7, 11) is 0. The van der Waals surface area contributed by atoms with E-state index in [1.807, 2.05) is 6.07 Å². The number of halogens is 1. The molecule has 0 aromatic carbocycles. The summed E-state index contributed by atoms with van der Waals surface area (Å²) < 4.78 is 0.770. The molecule has 2 heterocycles. The van der Waals surface area contributed by atoms with E-state index in [2.05, 4.69) is 41.4 Å². The molecular weight excluding hydrogens is 260 g/mol. The van der Waals surface area contributed by atoms with Gasteiger partial charge in [-0.1, -0.05) is 0 Å². The maximum atomic E-state index is 8.53. The number of rotatable bonds is 2. The number of aromatic amines is 1. The molecule has 0 aliphatic carbocycles. The van der Waals surface area contributed by atoms with Crippen molar-refractivity contribution in [2.75, 3.05) is 5.32 Å². The van der Waals surface area contributed by atoms with Crippen LogP contribution in [0.5, 0.6) is 0 Å². The van der Waals surface area contributed by atoms with Crippen molar-refractivity contribution in [3.05, 3.63) is 28.8 Å². The SMILES string of the molecule is N#Cc1cnc(Nc2cc(Br)[nH]n2)cn1. The third-order valence-electron chi connectivity index (χ3n) is 1.57. The molecule has 0 fully saturated rings. The van der Waals surface area contributed by atoms with Crippen LogP contribution in [0.25, 0.3) is 0 Å². The van der Waals surface area contributed by atoms with Gasteiger partial charge in [-0.2, -0.15) is 10.4 Å². The smallest absolute Gasteiger partial charge is 0.158 e. The minimum Gasteiger partial charge on any atom is -0.322 e. The van der Waals surface area contributed by atoms with E-state index >= 15 is 0 Å². The molecule has 0 radical (unpaired) electrons. The molecule has 0 saturated carbocycles. The first kappa shape index (κ1) is 9.61. The van der Waals surface area contributed by atoms with Gasteiger partial charge < -0.3 is 5.32 Å². The summed E-state index contributed by atoms with van der Waals surface area (Å²) in [5.41, 5.74) is 0.281. The van der Waals surface area contributed by atoms with Crippen LogP contribution in [-0.4, -0.2) is 20.2 Å². The second-order valence-electron chi connectivity index (χ2n) is 2.62. The second-order valence-corrected chi connectivity index (χ2v) is 3.48. The Morgan fingerprint density at radius 3 is 2.73 bits per heavy atom. The van der Waals surface area contributed by atoms with E-state index in [9.17, 15) is 0 Å². The van der Waals surface area contributed by atoms with Crippen molar-refractivity contribution >= 4 is 27.6 Å². The van der Waals surface area contributed by atoms with Crippen LogP contribution >= 0.6 is 15.9 Å². The van der Waals surface area contributed by atoms with Crippen LogP contribution in [0.2, 0.25) is 0 Å². The summed E-state index contributed by atoms with van der Waals surface area (Å²) in [6.45, 7) is 0. The van der Waals surface area contributed by atoms with E-state index in [1.165, 1.54) is 12.4 Å². The lowest BCUT2D eigenvalue weighted by Gasteiger charge is -1.99.